The number of carbonyl (C=O) groups excluding carboxylic acids is 2. The number of methoxy groups -OCH3 is 1. The number of hydrogen-bond donors (Lipinski definition) is 1. The summed E-state index contributed by atoms with van der Waals surface area (Å²) in [5, 5.41) is 3.27. The first-order valence-corrected chi connectivity index (χ1v) is 8.34. The third-order valence-electron chi connectivity index (χ3n) is 4.04. The molecule has 2 rings (SSSR count). The van der Waals surface area contributed by atoms with Crippen molar-refractivity contribution in [1.29, 1.82) is 0 Å². The first kappa shape index (κ1) is 17.6. The number of esters is 2. The highest BCUT2D eigenvalue weighted by atomic mass is 35.5. The Morgan fingerprint density at radius 2 is 2.17 bits per heavy atom. The molecule has 2 aliphatic rings. The highest BCUT2D eigenvalue weighted by Gasteiger charge is 2.37. The van der Waals surface area contributed by atoms with E-state index in [0.717, 1.165) is 11.1 Å². The second kappa shape index (κ2) is 8.20. The molecule has 0 amide bonds. The van der Waals surface area contributed by atoms with E-state index >= 15 is 0 Å². The van der Waals surface area contributed by atoms with Crippen molar-refractivity contribution in [2.45, 2.75) is 32.2 Å². The smallest absolute Gasteiger partial charge is 0.354 e. The Morgan fingerprint density at radius 3 is 2.83 bits per heavy atom. The summed E-state index contributed by atoms with van der Waals surface area (Å²) >= 11 is 6.03. The molecule has 0 fully saturated rings. The number of hydrogen-bond acceptors (Lipinski definition) is 5. The van der Waals surface area contributed by atoms with Gasteiger partial charge in [-0.1, -0.05) is 18.2 Å². The monoisotopic (exact) mass is 339 g/mol. The molecule has 6 heteroatoms. The molecule has 2 atom stereocenters. The molecule has 126 valence electrons. The van der Waals surface area contributed by atoms with Crippen molar-refractivity contribution in [3.63, 3.8) is 0 Å². The van der Waals surface area contributed by atoms with Crippen LogP contribution in [-0.4, -0.2) is 37.6 Å². The first-order chi connectivity index (χ1) is 11.1. The van der Waals surface area contributed by atoms with Crippen LogP contribution < -0.4 is 5.32 Å². The van der Waals surface area contributed by atoms with Crippen molar-refractivity contribution in [1.82, 2.24) is 5.32 Å². The maximum Gasteiger partial charge on any atom is 0.354 e. The van der Waals surface area contributed by atoms with Crippen molar-refractivity contribution in [3.05, 3.63) is 35.1 Å². The van der Waals surface area contributed by atoms with Crippen LogP contribution in [0.2, 0.25) is 0 Å². The Kier molecular flexibility index (Phi) is 6.28. The quantitative estimate of drug-likeness (QED) is 0.570. The maximum absolute atomic E-state index is 12.2. The van der Waals surface area contributed by atoms with E-state index in [9.17, 15) is 9.59 Å². The number of halogens is 1. The summed E-state index contributed by atoms with van der Waals surface area (Å²) in [5.41, 5.74) is 2.47. The van der Waals surface area contributed by atoms with Gasteiger partial charge in [0.15, 0.2) is 0 Å². The van der Waals surface area contributed by atoms with Gasteiger partial charge in [-0.05, 0) is 30.9 Å². The molecule has 0 aromatic heterocycles. The summed E-state index contributed by atoms with van der Waals surface area (Å²) in [6, 6.07) is -0.00923. The molecule has 5 nitrogen and oxygen atoms in total. The number of fused-ring (bicyclic) bond motifs is 1. The SMILES string of the molecule is CCOC(=O)C1=C(CCCC(=O)OC)C2=CC=CC(CCl)C2N1. The van der Waals surface area contributed by atoms with E-state index in [4.69, 9.17) is 16.3 Å². The van der Waals surface area contributed by atoms with Crippen LogP contribution in [0.4, 0.5) is 0 Å². The van der Waals surface area contributed by atoms with Crippen molar-refractivity contribution < 1.29 is 19.1 Å². The van der Waals surface area contributed by atoms with Crippen LogP contribution in [0.15, 0.2) is 35.1 Å². The van der Waals surface area contributed by atoms with E-state index in [-0.39, 0.29) is 23.9 Å². The van der Waals surface area contributed by atoms with Crippen LogP contribution >= 0.6 is 11.6 Å². The summed E-state index contributed by atoms with van der Waals surface area (Å²) in [4.78, 5) is 23.5. The molecule has 23 heavy (non-hydrogen) atoms. The first-order valence-electron chi connectivity index (χ1n) is 7.80. The molecular weight excluding hydrogens is 318 g/mol. The minimum Gasteiger partial charge on any atom is -0.469 e. The predicted octanol–water partition coefficient (Wildman–Crippen LogP) is 2.47. The van der Waals surface area contributed by atoms with Gasteiger partial charge in [0, 0.05) is 18.2 Å². The molecule has 1 N–H and O–H groups in total. The van der Waals surface area contributed by atoms with Gasteiger partial charge in [0.1, 0.15) is 5.70 Å². The third-order valence-corrected chi connectivity index (χ3v) is 4.40. The molecule has 0 aromatic carbocycles. The van der Waals surface area contributed by atoms with E-state index < -0.39 is 0 Å². The fourth-order valence-corrected chi connectivity index (χ4v) is 3.20. The van der Waals surface area contributed by atoms with Crippen LogP contribution in [-0.2, 0) is 19.1 Å². The zero-order chi connectivity index (χ0) is 16.8. The Balaban J connectivity index is 2.20. The van der Waals surface area contributed by atoms with Crippen LogP contribution in [0.1, 0.15) is 26.2 Å². The Labute approximate surface area is 141 Å². The summed E-state index contributed by atoms with van der Waals surface area (Å²) in [5.74, 6) is -0.0119. The number of allylic oxidation sites excluding steroid dienone is 2. The van der Waals surface area contributed by atoms with Gasteiger partial charge >= 0.3 is 11.9 Å². The van der Waals surface area contributed by atoms with E-state index in [1.807, 2.05) is 18.2 Å². The Bertz CT molecular complexity index is 565. The fourth-order valence-electron chi connectivity index (χ4n) is 2.91. The van der Waals surface area contributed by atoms with Crippen LogP contribution in [0.3, 0.4) is 0 Å². The van der Waals surface area contributed by atoms with Crippen molar-refractivity contribution in [3.8, 4) is 0 Å². The summed E-state index contributed by atoms with van der Waals surface area (Å²) in [6.45, 7) is 2.10. The average Bonchev–Trinajstić information content (AvgIpc) is 2.93. The molecule has 0 saturated carbocycles. The Morgan fingerprint density at radius 1 is 1.39 bits per heavy atom. The Hall–Kier alpha value is -1.75. The van der Waals surface area contributed by atoms with Gasteiger partial charge in [0.2, 0.25) is 0 Å². The molecule has 1 heterocycles. The van der Waals surface area contributed by atoms with Gasteiger partial charge in [0.05, 0.1) is 19.8 Å². The average molecular weight is 340 g/mol. The lowest BCUT2D eigenvalue weighted by Crippen LogP contribution is -2.35. The van der Waals surface area contributed by atoms with Crippen LogP contribution in [0, 0.1) is 5.92 Å². The molecule has 1 aliphatic carbocycles. The molecule has 0 aromatic rings. The number of rotatable bonds is 7. The molecule has 0 bridgehead atoms. The zero-order valence-electron chi connectivity index (χ0n) is 13.4. The van der Waals surface area contributed by atoms with E-state index in [2.05, 4.69) is 10.1 Å². The highest BCUT2D eigenvalue weighted by molar-refractivity contribution is 6.18. The molecule has 0 radical (unpaired) electrons. The number of carbonyl (C=O) groups is 2. The van der Waals surface area contributed by atoms with Crippen molar-refractivity contribution >= 4 is 23.5 Å². The summed E-state index contributed by atoms with van der Waals surface area (Å²) < 4.78 is 9.81. The van der Waals surface area contributed by atoms with Crippen LogP contribution in [0.25, 0.3) is 0 Å². The standard InChI is InChI=1S/C17H22ClNO4/c1-3-23-17(21)16-13(8-5-9-14(20)22-2)12-7-4-6-11(10-18)15(12)19-16/h4,6-7,11,15,19H,3,5,8-10H2,1-2H3. The molecule has 2 unspecified atom stereocenters. The molecule has 1 aliphatic heterocycles. The van der Waals surface area contributed by atoms with E-state index in [0.29, 0.717) is 37.4 Å². The van der Waals surface area contributed by atoms with Crippen molar-refractivity contribution in [2.24, 2.45) is 5.92 Å². The minimum absolute atomic E-state index is 0.00923. The second-order valence-electron chi connectivity index (χ2n) is 5.45. The largest absolute Gasteiger partial charge is 0.469 e. The van der Waals surface area contributed by atoms with Gasteiger partial charge in [0.25, 0.3) is 0 Å². The fraction of sp³-hybridized carbons (Fsp3) is 0.529. The lowest BCUT2D eigenvalue weighted by Gasteiger charge is -2.24. The van der Waals surface area contributed by atoms with E-state index in [1.54, 1.807) is 6.92 Å². The van der Waals surface area contributed by atoms with Gasteiger partial charge in [-0.3, -0.25) is 4.79 Å². The van der Waals surface area contributed by atoms with Gasteiger partial charge in [-0.15, -0.1) is 11.6 Å². The number of ether oxygens (including phenoxy) is 2. The van der Waals surface area contributed by atoms with Crippen LogP contribution in [0.5, 0.6) is 0 Å². The summed E-state index contributed by atoms with van der Waals surface area (Å²) in [7, 11) is 1.37. The minimum atomic E-state index is -0.357. The van der Waals surface area contributed by atoms with Gasteiger partial charge in [-0.2, -0.15) is 0 Å². The van der Waals surface area contributed by atoms with E-state index in [1.165, 1.54) is 7.11 Å². The lowest BCUT2D eigenvalue weighted by molar-refractivity contribution is -0.140. The number of alkyl halides is 1. The maximum atomic E-state index is 12.2. The molecular formula is C17H22ClNO4. The molecule has 0 saturated heterocycles. The highest BCUT2D eigenvalue weighted by Crippen LogP contribution is 2.36. The summed E-state index contributed by atoms with van der Waals surface area (Å²) in [6.07, 6.45) is 7.56. The van der Waals surface area contributed by atoms with Gasteiger partial charge < -0.3 is 14.8 Å². The lowest BCUT2D eigenvalue weighted by atomic mass is 9.86. The third kappa shape index (κ3) is 3.96. The second-order valence-corrected chi connectivity index (χ2v) is 5.76. The topological polar surface area (TPSA) is 64.6 Å². The van der Waals surface area contributed by atoms with Gasteiger partial charge in [-0.25, -0.2) is 4.79 Å². The van der Waals surface area contributed by atoms with Crippen molar-refractivity contribution in [2.75, 3.05) is 19.6 Å². The number of nitrogens with one attached hydrogen (secondary N) is 1. The zero-order valence-corrected chi connectivity index (χ0v) is 14.2. The predicted molar refractivity (Wildman–Crippen MR) is 87.9 cm³/mol. The normalized spacial score (nSPS) is 22.3. The molecule has 0 spiro atoms.